The Hall–Kier alpha value is -7.70. The lowest BCUT2D eigenvalue weighted by Crippen LogP contribution is -2.01. The van der Waals surface area contributed by atoms with Crippen LogP contribution < -0.4 is 0 Å². The van der Waals surface area contributed by atoms with Crippen LogP contribution in [0.4, 0.5) is 0 Å². The van der Waals surface area contributed by atoms with Gasteiger partial charge in [0.2, 0.25) is 0 Å². The Kier molecular flexibility index (Phi) is 7.38. The Balaban J connectivity index is 1.26. The van der Waals surface area contributed by atoms with Crippen LogP contribution in [0.5, 0.6) is 0 Å². The highest BCUT2D eigenvalue weighted by Gasteiger charge is 2.22. The van der Waals surface area contributed by atoms with Gasteiger partial charge in [0.15, 0.2) is 5.82 Å². The van der Waals surface area contributed by atoms with E-state index in [0.29, 0.717) is 5.82 Å². The number of fused-ring (bicyclic) bond motifs is 7. The molecule has 0 saturated carbocycles. The van der Waals surface area contributed by atoms with Crippen molar-refractivity contribution in [2.75, 3.05) is 0 Å². The van der Waals surface area contributed by atoms with Crippen LogP contribution in [-0.4, -0.2) is 29.1 Å². The highest BCUT2D eigenvalue weighted by atomic mass is 15.0. The molecule has 0 aliphatic heterocycles. The van der Waals surface area contributed by atoms with Gasteiger partial charge in [0.05, 0.1) is 33.5 Å². The quantitative estimate of drug-likeness (QED) is 0.172. The fourth-order valence-electron chi connectivity index (χ4n) is 8.18. The zero-order chi connectivity index (χ0) is 37.0. The van der Waals surface area contributed by atoms with Crippen molar-refractivity contribution in [1.29, 1.82) is 0 Å². The van der Waals surface area contributed by atoms with Crippen molar-refractivity contribution in [3.8, 4) is 56.4 Å². The summed E-state index contributed by atoms with van der Waals surface area (Å²) in [6, 6.07) is 60.0. The van der Waals surface area contributed by atoms with E-state index in [4.69, 9.17) is 9.97 Å². The molecule has 56 heavy (non-hydrogen) atoms. The highest BCUT2D eigenvalue weighted by molar-refractivity contribution is 6.23. The maximum Gasteiger partial charge on any atom is 0.160 e. The molecular weight excluding hydrogens is 685 g/mol. The summed E-state index contributed by atoms with van der Waals surface area (Å²) in [5, 5.41) is 4.80. The molecule has 6 heteroatoms. The summed E-state index contributed by atoms with van der Waals surface area (Å²) in [6.07, 6.45) is 7.26. The van der Waals surface area contributed by atoms with Crippen LogP contribution in [0.1, 0.15) is 0 Å². The van der Waals surface area contributed by atoms with Crippen LogP contribution in [0.25, 0.3) is 100 Å². The fourth-order valence-corrected chi connectivity index (χ4v) is 8.18. The first-order valence-electron chi connectivity index (χ1n) is 18.7. The minimum atomic E-state index is 0.619. The van der Waals surface area contributed by atoms with Crippen molar-refractivity contribution in [2.24, 2.45) is 0 Å². The van der Waals surface area contributed by atoms with Gasteiger partial charge in [0.1, 0.15) is 0 Å². The number of hydrogen-bond donors (Lipinski definition) is 0. The number of hydrogen-bond acceptors (Lipinski definition) is 4. The van der Waals surface area contributed by atoms with Gasteiger partial charge in [0.25, 0.3) is 0 Å². The van der Waals surface area contributed by atoms with Crippen LogP contribution in [0.2, 0.25) is 0 Å². The molecule has 6 nitrogen and oxygen atoms in total. The molecule has 0 N–H and O–H groups in total. The molecule has 0 spiro atoms. The average Bonchev–Trinajstić information content (AvgIpc) is 3.80. The third kappa shape index (κ3) is 5.19. The number of para-hydroxylation sites is 3. The second-order valence-electron chi connectivity index (χ2n) is 14.0. The van der Waals surface area contributed by atoms with Gasteiger partial charge < -0.3 is 9.13 Å². The van der Waals surface area contributed by atoms with Gasteiger partial charge in [-0.1, -0.05) is 97.1 Å². The lowest BCUT2D eigenvalue weighted by molar-refractivity contribution is 1.14. The number of pyridine rings is 2. The zero-order valence-corrected chi connectivity index (χ0v) is 30.2. The summed E-state index contributed by atoms with van der Waals surface area (Å²) in [6.45, 7) is 0. The number of benzene rings is 6. The van der Waals surface area contributed by atoms with Gasteiger partial charge >= 0.3 is 0 Å². The summed E-state index contributed by atoms with van der Waals surface area (Å²) < 4.78 is 4.86. The second kappa shape index (κ2) is 13.0. The van der Waals surface area contributed by atoms with Crippen LogP contribution in [0.15, 0.2) is 195 Å². The van der Waals surface area contributed by atoms with E-state index in [1.54, 1.807) is 12.4 Å². The first kappa shape index (κ1) is 31.8. The SMILES string of the molecule is c1ccc(-c2cc(-c3nc(-c4cccnc4)cc(-c4cccnc4)n3)cc(-n3c4ccccc4c4ccc5c6ccccc6n(-c6ccccc6)c5c43)c2)cc1. The summed E-state index contributed by atoms with van der Waals surface area (Å²) in [5.41, 5.74) is 13.2. The third-order valence-corrected chi connectivity index (χ3v) is 10.7. The minimum Gasteiger partial charge on any atom is -0.307 e. The molecule has 5 aromatic heterocycles. The highest BCUT2D eigenvalue weighted by Crippen LogP contribution is 2.43. The largest absolute Gasteiger partial charge is 0.307 e. The van der Waals surface area contributed by atoms with Gasteiger partial charge in [0, 0.05) is 74.4 Å². The van der Waals surface area contributed by atoms with Crippen LogP contribution in [0.3, 0.4) is 0 Å². The summed E-state index contributed by atoms with van der Waals surface area (Å²) in [5.74, 6) is 0.619. The van der Waals surface area contributed by atoms with Crippen molar-refractivity contribution >= 4 is 43.6 Å². The first-order chi connectivity index (χ1) is 27.8. The fraction of sp³-hybridized carbons (Fsp3) is 0. The van der Waals surface area contributed by atoms with E-state index >= 15 is 0 Å². The van der Waals surface area contributed by atoms with E-state index < -0.39 is 0 Å². The molecule has 262 valence electrons. The number of nitrogens with zero attached hydrogens (tertiary/aromatic N) is 6. The Morgan fingerprint density at radius 1 is 0.339 bits per heavy atom. The smallest absolute Gasteiger partial charge is 0.160 e. The number of rotatable bonds is 6. The van der Waals surface area contributed by atoms with Crippen molar-refractivity contribution < 1.29 is 0 Å². The predicted octanol–water partition coefficient (Wildman–Crippen LogP) is 12.1. The summed E-state index contributed by atoms with van der Waals surface area (Å²) in [4.78, 5) is 19.3. The van der Waals surface area contributed by atoms with Gasteiger partial charge in [-0.2, -0.15) is 0 Å². The molecule has 6 aromatic carbocycles. The number of aromatic nitrogens is 6. The molecule has 0 radical (unpaired) electrons. The topological polar surface area (TPSA) is 61.4 Å². The standard InChI is InChI=1S/C50H32N6/c1-3-13-33(14-4-1)36-27-37(50-53-44(34-15-11-25-51-31-34)30-45(54-50)35-16-12-26-52-32-35)29-39(28-36)56-47-22-10-8-20-41(47)43-24-23-42-40-19-7-9-21-46(40)55(48(42)49(43)56)38-17-5-2-6-18-38/h1-32H. The van der Waals surface area contributed by atoms with Gasteiger partial charge in [-0.3, -0.25) is 9.97 Å². The third-order valence-electron chi connectivity index (χ3n) is 10.7. The Labute approximate surface area is 322 Å². The van der Waals surface area contributed by atoms with E-state index in [1.807, 2.05) is 42.7 Å². The maximum atomic E-state index is 5.23. The van der Waals surface area contributed by atoms with Crippen molar-refractivity contribution in [3.05, 3.63) is 195 Å². The van der Waals surface area contributed by atoms with Crippen LogP contribution in [-0.2, 0) is 0 Å². The van der Waals surface area contributed by atoms with E-state index in [-0.39, 0.29) is 0 Å². The maximum absolute atomic E-state index is 5.23. The average molecular weight is 717 g/mol. The molecule has 0 aliphatic carbocycles. The van der Waals surface area contributed by atoms with Crippen molar-refractivity contribution in [2.45, 2.75) is 0 Å². The molecule has 0 amide bonds. The Morgan fingerprint density at radius 2 is 0.839 bits per heavy atom. The Bertz CT molecular complexity index is 3170. The van der Waals surface area contributed by atoms with E-state index in [9.17, 15) is 0 Å². The van der Waals surface area contributed by atoms with E-state index in [1.165, 1.54) is 27.1 Å². The lowest BCUT2D eigenvalue weighted by Gasteiger charge is -2.16. The Morgan fingerprint density at radius 3 is 1.41 bits per heavy atom. The van der Waals surface area contributed by atoms with E-state index in [2.05, 4.69) is 159 Å². The zero-order valence-electron chi connectivity index (χ0n) is 30.2. The molecule has 0 fully saturated rings. The molecule has 0 atom stereocenters. The predicted molar refractivity (Wildman–Crippen MR) is 228 cm³/mol. The molecule has 5 heterocycles. The van der Waals surface area contributed by atoms with E-state index in [0.717, 1.165) is 67.1 Å². The van der Waals surface area contributed by atoms with Crippen LogP contribution >= 0.6 is 0 Å². The summed E-state index contributed by atoms with van der Waals surface area (Å²) >= 11 is 0. The second-order valence-corrected chi connectivity index (χ2v) is 14.0. The molecule has 0 saturated heterocycles. The normalized spacial score (nSPS) is 11.6. The molecule has 0 aliphatic rings. The lowest BCUT2D eigenvalue weighted by atomic mass is 10.0. The molecule has 0 unspecified atom stereocenters. The van der Waals surface area contributed by atoms with Gasteiger partial charge in [-0.15, -0.1) is 0 Å². The first-order valence-corrected chi connectivity index (χ1v) is 18.7. The molecule has 11 aromatic rings. The van der Waals surface area contributed by atoms with Crippen LogP contribution in [0, 0.1) is 0 Å². The molecule has 0 bridgehead atoms. The van der Waals surface area contributed by atoms with Gasteiger partial charge in [-0.05, 0) is 83.9 Å². The van der Waals surface area contributed by atoms with Gasteiger partial charge in [-0.25, -0.2) is 9.97 Å². The van der Waals surface area contributed by atoms with Crippen molar-refractivity contribution in [1.82, 2.24) is 29.1 Å². The monoisotopic (exact) mass is 716 g/mol. The molecular formula is C50H32N6. The molecule has 11 rings (SSSR count). The minimum absolute atomic E-state index is 0.619. The summed E-state index contributed by atoms with van der Waals surface area (Å²) in [7, 11) is 0. The van der Waals surface area contributed by atoms with Crippen molar-refractivity contribution in [3.63, 3.8) is 0 Å².